The minimum atomic E-state index is -2.19. The SMILES string of the molecule is COc1ccc([Si](C)(C)[C@H]2[C@H](CCn3cc(CCO)nn3)O[C@@]3(C(=O)N(C)c4c(Br)cc(C)cc43)[C@@H]2C)cc1. The molecule has 0 radical (unpaired) electrons. The quantitative estimate of drug-likeness (QED) is 0.384. The molecule has 1 spiro atoms. The second-order valence-corrected chi connectivity index (χ2v) is 16.9. The first-order chi connectivity index (χ1) is 18.5. The van der Waals surface area contributed by atoms with Gasteiger partial charge in [0.1, 0.15) is 5.75 Å². The van der Waals surface area contributed by atoms with Gasteiger partial charge in [-0.1, -0.05) is 48.6 Å². The Morgan fingerprint density at radius 1 is 1.23 bits per heavy atom. The van der Waals surface area contributed by atoms with Gasteiger partial charge in [-0.25, -0.2) is 0 Å². The Bertz CT molecular complexity index is 1380. The summed E-state index contributed by atoms with van der Waals surface area (Å²) < 4.78 is 15.2. The van der Waals surface area contributed by atoms with E-state index in [9.17, 15) is 9.90 Å². The number of aryl methyl sites for hydroxylation is 2. The van der Waals surface area contributed by atoms with Crippen LogP contribution < -0.4 is 14.8 Å². The van der Waals surface area contributed by atoms with Crippen molar-refractivity contribution in [3.8, 4) is 5.75 Å². The zero-order valence-electron chi connectivity index (χ0n) is 23.4. The molecular weight excluding hydrogens is 576 g/mol. The van der Waals surface area contributed by atoms with Crippen LogP contribution in [0.5, 0.6) is 5.75 Å². The number of rotatable bonds is 8. The number of hydrogen-bond acceptors (Lipinski definition) is 6. The number of ether oxygens (including phenoxy) is 2. The number of carbonyl (C=O) groups excluding carboxylic acids is 1. The Morgan fingerprint density at radius 2 is 1.95 bits per heavy atom. The Kier molecular flexibility index (Phi) is 7.51. The molecule has 1 saturated heterocycles. The van der Waals surface area contributed by atoms with Crippen LogP contribution in [-0.4, -0.2) is 60.9 Å². The summed E-state index contributed by atoms with van der Waals surface area (Å²) in [5.74, 6) is 0.783. The van der Waals surface area contributed by atoms with Crippen LogP contribution in [0.2, 0.25) is 18.6 Å². The van der Waals surface area contributed by atoms with Crippen molar-refractivity contribution in [3.05, 3.63) is 63.9 Å². The molecule has 8 nitrogen and oxygen atoms in total. The summed E-state index contributed by atoms with van der Waals surface area (Å²) in [5.41, 5.74) is 2.81. The van der Waals surface area contributed by atoms with Crippen LogP contribution in [-0.2, 0) is 28.1 Å². The molecule has 1 amide bonds. The number of anilines is 1. The average molecular weight is 614 g/mol. The van der Waals surface area contributed by atoms with Crippen LogP contribution in [0.3, 0.4) is 0 Å². The first-order valence-electron chi connectivity index (χ1n) is 13.5. The van der Waals surface area contributed by atoms with Crippen molar-refractivity contribution in [2.45, 2.75) is 63.6 Å². The molecular formula is C29H37BrN4O4Si. The van der Waals surface area contributed by atoms with E-state index in [2.05, 4.69) is 77.4 Å². The van der Waals surface area contributed by atoms with Crippen LogP contribution in [0.15, 0.2) is 47.1 Å². The van der Waals surface area contributed by atoms with Crippen molar-refractivity contribution >= 4 is 40.8 Å². The third-order valence-electron chi connectivity index (χ3n) is 8.75. The standard InChI is InChI=1S/C29H37BrN4O4Si/c1-18-15-23-26(24(30)16-18)33(3)28(36)29(23)19(2)27(39(5,6)22-9-7-21(37-4)8-10-22)25(38-29)11-13-34-17-20(12-14-35)31-32-34/h7-10,15-17,19,25,27,35H,11-14H2,1-6H3/t19-,25+,27-,29+/m1/s1. The van der Waals surface area contributed by atoms with E-state index >= 15 is 0 Å². The van der Waals surface area contributed by atoms with Crippen molar-refractivity contribution < 1.29 is 19.4 Å². The summed E-state index contributed by atoms with van der Waals surface area (Å²) in [6.07, 6.45) is 2.91. The molecule has 0 bridgehead atoms. The topological polar surface area (TPSA) is 89.7 Å². The summed E-state index contributed by atoms with van der Waals surface area (Å²) >= 11 is 3.72. The molecule has 0 saturated carbocycles. The fourth-order valence-corrected chi connectivity index (χ4v) is 11.8. The highest BCUT2D eigenvalue weighted by Crippen LogP contribution is 2.60. The van der Waals surface area contributed by atoms with Gasteiger partial charge < -0.3 is 19.5 Å². The molecule has 39 heavy (non-hydrogen) atoms. The lowest BCUT2D eigenvalue weighted by Gasteiger charge is -2.37. The first kappa shape index (κ1) is 28.0. The summed E-state index contributed by atoms with van der Waals surface area (Å²) in [6.45, 7) is 9.69. The van der Waals surface area contributed by atoms with Gasteiger partial charge in [0.25, 0.3) is 5.91 Å². The summed E-state index contributed by atoms with van der Waals surface area (Å²) in [6, 6.07) is 12.6. The van der Waals surface area contributed by atoms with Gasteiger partial charge in [-0.15, -0.1) is 5.10 Å². The number of hydrogen-bond donors (Lipinski definition) is 1. The van der Waals surface area contributed by atoms with E-state index < -0.39 is 13.7 Å². The number of benzene rings is 2. The molecule has 2 aliphatic heterocycles. The largest absolute Gasteiger partial charge is 0.497 e. The van der Waals surface area contributed by atoms with Crippen LogP contribution in [0.4, 0.5) is 5.69 Å². The summed E-state index contributed by atoms with van der Waals surface area (Å²) in [5, 5.41) is 19.0. The molecule has 5 rings (SSSR count). The van der Waals surface area contributed by atoms with Gasteiger partial charge in [0.15, 0.2) is 5.60 Å². The van der Waals surface area contributed by atoms with Crippen LogP contribution in [0.1, 0.15) is 30.2 Å². The van der Waals surface area contributed by atoms with E-state index in [0.717, 1.165) is 32.7 Å². The van der Waals surface area contributed by atoms with Crippen LogP contribution in [0, 0.1) is 12.8 Å². The van der Waals surface area contributed by atoms with E-state index in [1.807, 2.05) is 30.1 Å². The summed E-state index contributed by atoms with van der Waals surface area (Å²) in [7, 11) is 1.34. The molecule has 10 heteroatoms. The fraction of sp³-hybridized carbons (Fsp3) is 0.483. The summed E-state index contributed by atoms with van der Waals surface area (Å²) in [4.78, 5) is 15.9. The second kappa shape index (κ2) is 10.5. The monoisotopic (exact) mass is 612 g/mol. The van der Waals surface area contributed by atoms with Gasteiger partial charge in [0, 0.05) is 48.8 Å². The zero-order chi connectivity index (χ0) is 28.1. The number of aromatic nitrogens is 3. The number of likely N-dealkylation sites (N-methyl/N-ethyl adjacent to an activating group) is 1. The molecule has 2 aromatic carbocycles. The highest BCUT2D eigenvalue weighted by atomic mass is 79.9. The lowest BCUT2D eigenvalue weighted by molar-refractivity contribution is -0.145. The number of aliphatic hydroxyl groups excluding tert-OH is 1. The lowest BCUT2D eigenvalue weighted by atomic mass is 9.82. The lowest BCUT2D eigenvalue weighted by Crippen LogP contribution is -2.51. The highest BCUT2D eigenvalue weighted by Gasteiger charge is 2.66. The van der Waals surface area contributed by atoms with Crippen molar-refractivity contribution in [2.75, 3.05) is 25.7 Å². The smallest absolute Gasteiger partial charge is 0.264 e. The van der Waals surface area contributed by atoms with E-state index in [1.165, 1.54) is 5.19 Å². The molecule has 4 atom stereocenters. The van der Waals surface area contributed by atoms with Gasteiger partial charge >= 0.3 is 0 Å². The van der Waals surface area contributed by atoms with Crippen molar-refractivity contribution in [1.82, 2.24) is 15.0 Å². The van der Waals surface area contributed by atoms with Crippen molar-refractivity contribution in [1.29, 1.82) is 0 Å². The van der Waals surface area contributed by atoms with E-state index in [1.54, 1.807) is 12.0 Å². The van der Waals surface area contributed by atoms with Crippen LogP contribution >= 0.6 is 15.9 Å². The second-order valence-electron chi connectivity index (χ2n) is 11.4. The predicted octanol–water partition coefficient (Wildman–Crippen LogP) is 4.18. The van der Waals surface area contributed by atoms with E-state index in [0.29, 0.717) is 19.4 Å². The number of nitrogens with zero attached hydrogens (tertiary/aromatic N) is 4. The maximum absolute atomic E-state index is 14.2. The number of aliphatic hydroxyl groups is 1. The van der Waals surface area contributed by atoms with Gasteiger partial charge in [-0.2, -0.15) is 0 Å². The van der Waals surface area contributed by atoms with E-state index in [-0.39, 0.29) is 30.1 Å². The Morgan fingerprint density at radius 3 is 2.62 bits per heavy atom. The maximum atomic E-state index is 14.2. The maximum Gasteiger partial charge on any atom is 0.264 e. The Hall–Kier alpha value is -2.53. The highest BCUT2D eigenvalue weighted by molar-refractivity contribution is 9.10. The molecule has 3 heterocycles. The van der Waals surface area contributed by atoms with Crippen LogP contribution in [0.25, 0.3) is 0 Å². The number of methoxy groups -OCH3 is 1. The number of halogens is 1. The molecule has 1 aromatic heterocycles. The van der Waals surface area contributed by atoms with Crippen molar-refractivity contribution in [2.24, 2.45) is 5.92 Å². The van der Waals surface area contributed by atoms with E-state index in [4.69, 9.17) is 9.47 Å². The molecule has 0 aliphatic carbocycles. The number of carbonyl (C=O) groups is 1. The van der Waals surface area contributed by atoms with Gasteiger partial charge in [-0.3, -0.25) is 9.48 Å². The number of amides is 1. The molecule has 3 aromatic rings. The number of fused-ring (bicyclic) bond motifs is 2. The molecule has 0 unspecified atom stereocenters. The zero-order valence-corrected chi connectivity index (χ0v) is 26.0. The Balaban J connectivity index is 1.58. The molecule has 1 N–H and O–H groups in total. The fourth-order valence-electron chi connectivity index (χ4n) is 6.85. The molecule has 1 fully saturated rings. The van der Waals surface area contributed by atoms with Gasteiger partial charge in [-0.05, 0) is 58.6 Å². The molecule has 208 valence electrons. The predicted molar refractivity (Wildman–Crippen MR) is 157 cm³/mol. The van der Waals surface area contributed by atoms with Crippen molar-refractivity contribution in [3.63, 3.8) is 0 Å². The van der Waals surface area contributed by atoms with Gasteiger partial charge in [0.05, 0.1) is 32.7 Å². The Labute approximate surface area is 239 Å². The minimum absolute atomic E-state index is 0.00526. The molecule has 2 aliphatic rings. The normalized spacial score (nSPS) is 24.6. The minimum Gasteiger partial charge on any atom is -0.497 e. The third-order valence-corrected chi connectivity index (χ3v) is 13.7. The third kappa shape index (κ3) is 4.55. The average Bonchev–Trinajstić information content (AvgIpc) is 3.54. The first-order valence-corrected chi connectivity index (χ1v) is 17.3. The van der Waals surface area contributed by atoms with Gasteiger partial charge in [0.2, 0.25) is 0 Å².